The normalized spacial score (nSPS) is 16.9. The second-order valence-electron chi connectivity index (χ2n) is 3.49. The summed E-state index contributed by atoms with van der Waals surface area (Å²) in [6.07, 6.45) is 6.98. The maximum atomic E-state index is 5.34. The number of hydrazine groups is 1. The summed E-state index contributed by atoms with van der Waals surface area (Å²) >= 11 is 1.88. The van der Waals surface area contributed by atoms with E-state index >= 15 is 0 Å². The summed E-state index contributed by atoms with van der Waals surface area (Å²) in [6.45, 7) is 0.861. The van der Waals surface area contributed by atoms with Crippen LogP contribution in [-0.2, 0) is 0 Å². The molecule has 0 aromatic heterocycles. The van der Waals surface area contributed by atoms with Crippen molar-refractivity contribution in [3.05, 3.63) is 0 Å². The first-order valence-corrected chi connectivity index (χ1v) is 6.52. The molecule has 0 spiro atoms. The molecule has 1 rings (SSSR count). The van der Waals surface area contributed by atoms with E-state index < -0.39 is 0 Å². The highest BCUT2D eigenvalue weighted by Gasteiger charge is 2.21. The predicted molar refractivity (Wildman–Crippen MR) is 63.4 cm³/mol. The molecule has 0 unspecified atom stereocenters. The van der Waals surface area contributed by atoms with Crippen molar-refractivity contribution in [2.45, 2.75) is 31.7 Å². The van der Waals surface area contributed by atoms with E-state index in [1.165, 1.54) is 25.0 Å². The van der Waals surface area contributed by atoms with E-state index in [0.717, 1.165) is 18.9 Å². The maximum Gasteiger partial charge on any atom is 0.205 e. The Balaban J connectivity index is 2.05. The number of guanidine groups is 1. The molecule has 1 fully saturated rings. The van der Waals surface area contributed by atoms with Gasteiger partial charge in [0.1, 0.15) is 0 Å². The Morgan fingerprint density at radius 3 is 2.86 bits per heavy atom. The van der Waals surface area contributed by atoms with Crippen molar-refractivity contribution in [2.75, 3.05) is 18.6 Å². The van der Waals surface area contributed by atoms with Gasteiger partial charge in [0.05, 0.1) is 0 Å². The van der Waals surface area contributed by atoms with Crippen molar-refractivity contribution in [1.82, 2.24) is 10.7 Å². The smallest absolute Gasteiger partial charge is 0.205 e. The Kier molecular flexibility index (Phi) is 5.78. The van der Waals surface area contributed by atoms with Gasteiger partial charge in [-0.3, -0.25) is 10.4 Å². The maximum absolute atomic E-state index is 5.34. The topological polar surface area (TPSA) is 62.4 Å². The van der Waals surface area contributed by atoms with E-state index in [1.54, 1.807) is 0 Å². The standard InChI is InChI=1S/C9H20N4S/c1-14-7-3-2-6-11-9(13-10)12-8-4-5-8/h8H,2-7,10H2,1H3,(H2,11,12,13). The first kappa shape index (κ1) is 11.7. The van der Waals surface area contributed by atoms with Crippen molar-refractivity contribution in [3.63, 3.8) is 0 Å². The number of hydrogen-bond donors (Lipinski definition) is 3. The second kappa shape index (κ2) is 6.95. The fourth-order valence-corrected chi connectivity index (χ4v) is 1.60. The first-order chi connectivity index (χ1) is 6.86. The quantitative estimate of drug-likeness (QED) is 0.201. The van der Waals surface area contributed by atoms with Gasteiger partial charge in [0.25, 0.3) is 0 Å². The van der Waals surface area contributed by atoms with E-state index in [4.69, 9.17) is 5.84 Å². The van der Waals surface area contributed by atoms with Crippen LogP contribution in [0.2, 0.25) is 0 Å². The van der Waals surface area contributed by atoms with Gasteiger partial charge in [0.15, 0.2) is 0 Å². The molecule has 14 heavy (non-hydrogen) atoms. The van der Waals surface area contributed by atoms with Crippen molar-refractivity contribution in [3.8, 4) is 0 Å². The Morgan fingerprint density at radius 2 is 2.29 bits per heavy atom. The third-order valence-corrected chi connectivity index (χ3v) is 2.78. The highest BCUT2D eigenvalue weighted by Crippen LogP contribution is 2.18. The molecular formula is C9H20N4S. The lowest BCUT2D eigenvalue weighted by molar-refractivity contribution is 0.778. The van der Waals surface area contributed by atoms with Crippen LogP contribution in [0.25, 0.3) is 0 Å². The third-order valence-electron chi connectivity index (χ3n) is 2.08. The number of aliphatic imine (C=N–C) groups is 1. The number of nitrogens with two attached hydrogens (primary N) is 1. The molecule has 1 aliphatic rings. The minimum Gasteiger partial charge on any atom is -0.353 e. The summed E-state index contributed by atoms with van der Waals surface area (Å²) in [5, 5.41) is 3.24. The summed E-state index contributed by atoms with van der Waals surface area (Å²) in [5.74, 6) is 7.31. The van der Waals surface area contributed by atoms with Crippen LogP contribution in [0.15, 0.2) is 4.99 Å². The molecule has 0 radical (unpaired) electrons. The van der Waals surface area contributed by atoms with E-state index in [0.29, 0.717) is 6.04 Å². The SMILES string of the molecule is CSCCCCN=C(NN)NC1CC1. The lowest BCUT2D eigenvalue weighted by atomic mass is 10.3. The number of unbranched alkanes of at least 4 members (excludes halogenated alkanes) is 1. The molecule has 0 heterocycles. The molecule has 0 saturated heterocycles. The van der Waals surface area contributed by atoms with E-state index in [1.807, 2.05) is 11.8 Å². The lowest BCUT2D eigenvalue weighted by Crippen LogP contribution is -2.42. The van der Waals surface area contributed by atoms with Gasteiger partial charge in [-0.1, -0.05) is 0 Å². The monoisotopic (exact) mass is 216 g/mol. The largest absolute Gasteiger partial charge is 0.353 e. The van der Waals surface area contributed by atoms with Crippen molar-refractivity contribution in [2.24, 2.45) is 10.8 Å². The third kappa shape index (κ3) is 5.34. The van der Waals surface area contributed by atoms with Gasteiger partial charge in [0.2, 0.25) is 5.96 Å². The van der Waals surface area contributed by atoms with Gasteiger partial charge in [-0.15, -0.1) is 0 Å². The molecule has 0 atom stereocenters. The Labute approximate surface area is 90.1 Å². The van der Waals surface area contributed by atoms with E-state index in [2.05, 4.69) is 22.0 Å². The van der Waals surface area contributed by atoms with Crippen LogP contribution in [0.3, 0.4) is 0 Å². The Bertz CT molecular complexity index is 180. The number of nitrogens with one attached hydrogen (secondary N) is 2. The summed E-state index contributed by atoms with van der Waals surface area (Å²) in [6, 6.07) is 0.607. The van der Waals surface area contributed by atoms with Crippen LogP contribution >= 0.6 is 11.8 Å². The minimum absolute atomic E-state index is 0.607. The van der Waals surface area contributed by atoms with Gasteiger partial charge in [-0.2, -0.15) is 11.8 Å². The van der Waals surface area contributed by atoms with Crippen LogP contribution in [0.5, 0.6) is 0 Å². The minimum atomic E-state index is 0.607. The summed E-state index contributed by atoms with van der Waals surface area (Å²) in [4.78, 5) is 4.35. The van der Waals surface area contributed by atoms with Crippen LogP contribution < -0.4 is 16.6 Å². The van der Waals surface area contributed by atoms with Gasteiger partial charge < -0.3 is 5.32 Å². The molecule has 0 amide bonds. The number of thioether (sulfide) groups is 1. The van der Waals surface area contributed by atoms with Crippen molar-refractivity contribution >= 4 is 17.7 Å². The molecule has 82 valence electrons. The zero-order valence-electron chi connectivity index (χ0n) is 8.75. The zero-order chi connectivity index (χ0) is 10.2. The molecule has 0 bridgehead atoms. The van der Waals surface area contributed by atoms with E-state index in [9.17, 15) is 0 Å². The van der Waals surface area contributed by atoms with Crippen molar-refractivity contribution < 1.29 is 0 Å². The zero-order valence-corrected chi connectivity index (χ0v) is 9.57. The number of rotatable bonds is 6. The number of nitrogens with zero attached hydrogens (tertiary/aromatic N) is 1. The molecule has 4 nitrogen and oxygen atoms in total. The molecule has 1 aliphatic carbocycles. The summed E-state index contributed by atoms with van der Waals surface area (Å²) < 4.78 is 0. The summed E-state index contributed by atoms with van der Waals surface area (Å²) in [7, 11) is 0. The second-order valence-corrected chi connectivity index (χ2v) is 4.48. The average molecular weight is 216 g/mol. The first-order valence-electron chi connectivity index (χ1n) is 5.13. The molecule has 5 heteroatoms. The predicted octanol–water partition coefficient (Wildman–Crippen LogP) is 0.701. The molecule has 4 N–H and O–H groups in total. The molecular weight excluding hydrogens is 196 g/mol. The van der Waals surface area contributed by atoms with Gasteiger partial charge >= 0.3 is 0 Å². The van der Waals surface area contributed by atoms with Crippen LogP contribution in [0, 0.1) is 0 Å². The number of hydrogen-bond acceptors (Lipinski definition) is 3. The highest BCUT2D eigenvalue weighted by atomic mass is 32.2. The Hall–Kier alpha value is -0.420. The van der Waals surface area contributed by atoms with Crippen LogP contribution in [0.1, 0.15) is 25.7 Å². The van der Waals surface area contributed by atoms with Crippen LogP contribution in [-0.4, -0.2) is 30.6 Å². The fraction of sp³-hybridized carbons (Fsp3) is 0.889. The highest BCUT2D eigenvalue weighted by molar-refractivity contribution is 7.98. The van der Waals surface area contributed by atoms with Gasteiger partial charge in [0, 0.05) is 12.6 Å². The fourth-order valence-electron chi connectivity index (χ4n) is 1.10. The summed E-state index contributed by atoms with van der Waals surface area (Å²) in [5.41, 5.74) is 2.60. The Morgan fingerprint density at radius 1 is 1.50 bits per heavy atom. The van der Waals surface area contributed by atoms with Crippen molar-refractivity contribution in [1.29, 1.82) is 0 Å². The average Bonchev–Trinajstić information content (AvgIpc) is 2.99. The van der Waals surface area contributed by atoms with Gasteiger partial charge in [-0.05, 0) is 37.7 Å². The molecule has 1 saturated carbocycles. The molecule has 0 aliphatic heterocycles. The molecule has 0 aromatic carbocycles. The van der Waals surface area contributed by atoms with E-state index in [-0.39, 0.29) is 0 Å². The lowest BCUT2D eigenvalue weighted by Gasteiger charge is -2.07. The van der Waals surface area contributed by atoms with Gasteiger partial charge in [-0.25, -0.2) is 5.84 Å². The molecule has 0 aromatic rings. The van der Waals surface area contributed by atoms with Crippen LogP contribution in [0.4, 0.5) is 0 Å².